The maximum Gasteiger partial charge on any atom is 0.338 e. The number of ether oxygens (including phenoxy) is 2. The number of hydrogen-bond acceptors (Lipinski definition) is 7. The summed E-state index contributed by atoms with van der Waals surface area (Å²) < 4.78 is 10.9. The standard InChI is InChI=1S/C23H26ClN3O4S/c1-3-30-22(29)20-14(2)26-23-27(21(20)15-6-8-16(24)9-7-15)17(13-32-23)11-19(28)25-12-18-5-4-10-31-18/h6-9,13,18,21H,3-5,10-12H2,1-2H3,(H,25,28)/t18-,21-/m0/s1. The summed E-state index contributed by atoms with van der Waals surface area (Å²) in [5.41, 5.74) is 2.73. The maximum atomic E-state index is 12.9. The first-order valence-corrected chi connectivity index (χ1v) is 12.0. The molecular weight excluding hydrogens is 450 g/mol. The Bertz CT molecular complexity index is 983. The van der Waals surface area contributed by atoms with Gasteiger partial charge in [0.25, 0.3) is 0 Å². The minimum absolute atomic E-state index is 0.0841. The second-order valence-corrected chi connectivity index (χ2v) is 9.05. The van der Waals surface area contributed by atoms with Crippen LogP contribution in [0.2, 0.25) is 5.02 Å². The minimum atomic E-state index is -0.453. The Kier molecular flexibility index (Phi) is 7.23. The number of thioether (sulfide) groups is 1. The van der Waals surface area contributed by atoms with Crippen molar-refractivity contribution in [1.82, 2.24) is 10.2 Å². The van der Waals surface area contributed by atoms with E-state index in [9.17, 15) is 9.59 Å². The molecule has 3 aliphatic rings. The third kappa shape index (κ3) is 4.87. The van der Waals surface area contributed by atoms with E-state index < -0.39 is 12.0 Å². The molecule has 0 aromatic heterocycles. The third-order valence-corrected chi connectivity index (χ3v) is 6.72. The lowest BCUT2D eigenvalue weighted by molar-refractivity contribution is -0.139. The van der Waals surface area contributed by atoms with Gasteiger partial charge in [0, 0.05) is 23.9 Å². The number of amidine groups is 1. The molecule has 1 aromatic rings. The summed E-state index contributed by atoms with van der Waals surface area (Å²) in [7, 11) is 0. The molecule has 3 aliphatic heterocycles. The molecule has 1 fully saturated rings. The van der Waals surface area contributed by atoms with E-state index in [4.69, 9.17) is 21.1 Å². The number of nitrogens with zero attached hydrogens (tertiary/aromatic N) is 2. The van der Waals surface area contributed by atoms with Crippen molar-refractivity contribution < 1.29 is 19.1 Å². The molecule has 0 radical (unpaired) electrons. The molecule has 32 heavy (non-hydrogen) atoms. The average Bonchev–Trinajstić information content (AvgIpc) is 3.42. The lowest BCUT2D eigenvalue weighted by Gasteiger charge is -2.36. The van der Waals surface area contributed by atoms with Gasteiger partial charge in [-0.05, 0) is 49.8 Å². The number of allylic oxidation sites excluding steroid dienone is 1. The first kappa shape index (κ1) is 22.9. The van der Waals surface area contributed by atoms with Crippen LogP contribution in [-0.4, -0.2) is 47.8 Å². The second kappa shape index (κ2) is 10.1. The first-order valence-electron chi connectivity index (χ1n) is 10.7. The summed E-state index contributed by atoms with van der Waals surface area (Å²) in [4.78, 5) is 32.2. The van der Waals surface area contributed by atoms with Crippen molar-refractivity contribution in [1.29, 1.82) is 0 Å². The molecule has 1 amide bonds. The Morgan fingerprint density at radius 3 is 2.81 bits per heavy atom. The van der Waals surface area contributed by atoms with Crippen LogP contribution in [0.25, 0.3) is 0 Å². The van der Waals surface area contributed by atoms with Gasteiger partial charge in [0.2, 0.25) is 5.91 Å². The number of esters is 1. The van der Waals surface area contributed by atoms with Crippen LogP contribution in [0.4, 0.5) is 0 Å². The Labute approximate surface area is 196 Å². The number of aliphatic imine (C=N–C) groups is 1. The fraction of sp³-hybridized carbons (Fsp3) is 0.435. The Morgan fingerprint density at radius 1 is 1.34 bits per heavy atom. The van der Waals surface area contributed by atoms with Crippen molar-refractivity contribution in [3.05, 3.63) is 57.2 Å². The van der Waals surface area contributed by atoms with Gasteiger partial charge in [-0.2, -0.15) is 0 Å². The van der Waals surface area contributed by atoms with E-state index in [2.05, 4.69) is 10.3 Å². The predicted molar refractivity (Wildman–Crippen MR) is 125 cm³/mol. The zero-order chi connectivity index (χ0) is 22.7. The number of hydrogen-bond donors (Lipinski definition) is 1. The number of carbonyl (C=O) groups is 2. The van der Waals surface area contributed by atoms with Crippen LogP contribution in [0.3, 0.4) is 0 Å². The second-order valence-electron chi connectivity index (χ2n) is 7.78. The highest BCUT2D eigenvalue weighted by Gasteiger charge is 2.41. The van der Waals surface area contributed by atoms with Crippen molar-refractivity contribution >= 4 is 40.4 Å². The summed E-state index contributed by atoms with van der Waals surface area (Å²) >= 11 is 7.55. The quantitative estimate of drug-likeness (QED) is 0.596. The number of nitrogens with one attached hydrogen (secondary N) is 1. The number of benzene rings is 1. The van der Waals surface area contributed by atoms with E-state index in [1.807, 2.05) is 29.4 Å². The van der Waals surface area contributed by atoms with Gasteiger partial charge in [-0.25, -0.2) is 9.79 Å². The molecule has 7 nitrogen and oxygen atoms in total. The van der Waals surface area contributed by atoms with Crippen LogP contribution < -0.4 is 5.32 Å². The van der Waals surface area contributed by atoms with E-state index in [-0.39, 0.29) is 25.0 Å². The average molecular weight is 476 g/mol. The molecule has 4 rings (SSSR count). The molecule has 1 N–H and O–H groups in total. The summed E-state index contributed by atoms with van der Waals surface area (Å²) in [6.07, 6.45) is 2.26. The number of carbonyl (C=O) groups excluding carboxylic acids is 2. The van der Waals surface area contributed by atoms with E-state index in [1.165, 1.54) is 11.8 Å². The number of fused-ring (bicyclic) bond motifs is 1. The SMILES string of the molecule is CCOC(=O)C1=C(C)N=C2SC=C(CC(=O)NC[C@@H]3CCCO3)N2[C@H]1c1ccc(Cl)cc1. The molecule has 3 heterocycles. The summed E-state index contributed by atoms with van der Waals surface area (Å²) in [5, 5.41) is 6.24. The van der Waals surface area contributed by atoms with E-state index in [0.29, 0.717) is 22.8 Å². The molecule has 9 heteroatoms. The smallest absolute Gasteiger partial charge is 0.338 e. The zero-order valence-corrected chi connectivity index (χ0v) is 19.7. The fourth-order valence-corrected chi connectivity index (χ4v) is 5.15. The zero-order valence-electron chi connectivity index (χ0n) is 18.1. The number of amides is 1. The maximum absolute atomic E-state index is 12.9. The van der Waals surface area contributed by atoms with Crippen LogP contribution in [0.1, 0.15) is 44.7 Å². The highest BCUT2D eigenvalue weighted by Crippen LogP contribution is 2.44. The number of halogens is 1. The van der Waals surface area contributed by atoms with Gasteiger partial charge >= 0.3 is 5.97 Å². The van der Waals surface area contributed by atoms with Gasteiger partial charge in [0.1, 0.15) is 0 Å². The van der Waals surface area contributed by atoms with Gasteiger partial charge in [-0.15, -0.1) is 0 Å². The molecule has 0 saturated carbocycles. The Balaban J connectivity index is 1.59. The predicted octanol–water partition coefficient (Wildman–Crippen LogP) is 4.16. The highest BCUT2D eigenvalue weighted by molar-refractivity contribution is 8.16. The van der Waals surface area contributed by atoms with Crippen molar-refractivity contribution in [3.63, 3.8) is 0 Å². The lowest BCUT2D eigenvalue weighted by Crippen LogP contribution is -2.38. The Hall–Kier alpha value is -2.29. The topological polar surface area (TPSA) is 80.2 Å². The van der Waals surface area contributed by atoms with Crippen LogP contribution in [-0.2, 0) is 19.1 Å². The summed E-state index contributed by atoms with van der Waals surface area (Å²) in [6, 6.07) is 6.91. The molecule has 1 aromatic carbocycles. The van der Waals surface area contributed by atoms with Gasteiger partial charge < -0.3 is 19.7 Å². The van der Waals surface area contributed by atoms with Crippen LogP contribution >= 0.6 is 23.4 Å². The van der Waals surface area contributed by atoms with Crippen LogP contribution in [0, 0.1) is 0 Å². The van der Waals surface area contributed by atoms with Crippen molar-refractivity contribution in [2.45, 2.75) is 45.3 Å². The molecular formula is C23H26ClN3O4S. The van der Waals surface area contributed by atoms with E-state index in [1.54, 1.807) is 19.1 Å². The molecule has 0 bridgehead atoms. The molecule has 2 atom stereocenters. The minimum Gasteiger partial charge on any atom is -0.463 e. The highest BCUT2D eigenvalue weighted by atomic mass is 35.5. The number of rotatable bonds is 7. The monoisotopic (exact) mass is 475 g/mol. The molecule has 170 valence electrons. The van der Waals surface area contributed by atoms with Crippen LogP contribution in [0.5, 0.6) is 0 Å². The van der Waals surface area contributed by atoms with Gasteiger partial charge in [0.15, 0.2) is 5.17 Å². The molecule has 0 spiro atoms. The van der Waals surface area contributed by atoms with E-state index >= 15 is 0 Å². The third-order valence-electron chi connectivity index (χ3n) is 5.57. The summed E-state index contributed by atoms with van der Waals surface area (Å²) in [6.45, 7) is 5.11. The van der Waals surface area contributed by atoms with E-state index in [0.717, 1.165) is 35.9 Å². The summed E-state index contributed by atoms with van der Waals surface area (Å²) in [5.74, 6) is -0.501. The van der Waals surface area contributed by atoms with Gasteiger partial charge in [-0.3, -0.25) is 4.79 Å². The van der Waals surface area contributed by atoms with Crippen molar-refractivity contribution in [3.8, 4) is 0 Å². The largest absolute Gasteiger partial charge is 0.463 e. The van der Waals surface area contributed by atoms with Crippen molar-refractivity contribution in [2.24, 2.45) is 4.99 Å². The lowest BCUT2D eigenvalue weighted by atomic mass is 9.94. The van der Waals surface area contributed by atoms with Crippen LogP contribution in [0.15, 0.2) is 51.6 Å². The molecule has 0 unspecified atom stereocenters. The van der Waals surface area contributed by atoms with Crippen molar-refractivity contribution in [2.75, 3.05) is 19.8 Å². The first-order chi connectivity index (χ1) is 15.5. The van der Waals surface area contributed by atoms with Gasteiger partial charge in [0.05, 0.1) is 36.4 Å². The fourth-order valence-electron chi connectivity index (χ4n) is 4.06. The normalized spacial score (nSPS) is 22.4. The molecule has 1 saturated heterocycles. The molecule has 0 aliphatic carbocycles. The van der Waals surface area contributed by atoms with Gasteiger partial charge in [-0.1, -0.05) is 35.5 Å². The Morgan fingerprint density at radius 2 is 2.12 bits per heavy atom.